The van der Waals surface area contributed by atoms with Crippen molar-refractivity contribution in [2.24, 2.45) is 0 Å². The maximum Gasteiger partial charge on any atom is 0.419 e. The van der Waals surface area contributed by atoms with Crippen LogP contribution in [0.5, 0.6) is 0 Å². The molecule has 4 rings (SSSR count). The summed E-state index contributed by atoms with van der Waals surface area (Å²) in [5, 5.41) is 0.573. The summed E-state index contributed by atoms with van der Waals surface area (Å²) in [7, 11) is 1.89. The Morgan fingerprint density at radius 2 is 1.73 bits per heavy atom. The zero-order valence-corrected chi connectivity index (χ0v) is 19.0. The van der Waals surface area contributed by atoms with Gasteiger partial charge in [0, 0.05) is 56.6 Å². The normalized spacial score (nSPS) is 14.5. The molecule has 0 N–H and O–H groups in total. The summed E-state index contributed by atoms with van der Waals surface area (Å²) in [5.41, 5.74) is 0.0348. The molecule has 7 nitrogen and oxygen atoms in total. The topological polar surface area (TPSA) is 61.3 Å². The van der Waals surface area contributed by atoms with E-state index in [4.69, 9.17) is 11.6 Å². The van der Waals surface area contributed by atoms with E-state index in [1.165, 1.54) is 12.3 Å². The van der Waals surface area contributed by atoms with Crippen molar-refractivity contribution in [3.63, 3.8) is 0 Å². The van der Waals surface area contributed by atoms with Crippen LogP contribution in [-0.2, 0) is 6.18 Å². The first-order valence-corrected chi connectivity index (χ1v) is 10.9. The zero-order chi connectivity index (χ0) is 23.6. The Hall–Kier alpha value is -3.14. The number of aromatic nitrogens is 4. The van der Waals surface area contributed by atoms with Gasteiger partial charge in [0.05, 0.1) is 5.56 Å². The first kappa shape index (κ1) is 23.0. The fourth-order valence-corrected chi connectivity index (χ4v) is 3.74. The van der Waals surface area contributed by atoms with Crippen LogP contribution in [0.4, 0.5) is 30.9 Å². The van der Waals surface area contributed by atoms with Crippen LogP contribution in [0.3, 0.4) is 0 Å². The second-order valence-electron chi connectivity index (χ2n) is 7.63. The monoisotopic (exact) mass is 477 g/mol. The van der Waals surface area contributed by atoms with Crippen LogP contribution in [0.15, 0.2) is 42.6 Å². The van der Waals surface area contributed by atoms with Crippen molar-refractivity contribution in [3.8, 4) is 11.4 Å². The number of anilines is 3. The van der Waals surface area contributed by atoms with Crippen LogP contribution in [0.2, 0.25) is 5.02 Å². The second kappa shape index (κ2) is 9.38. The maximum atomic E-state index is 13.4. The van der Waals surface area contributed by atoms with E-state index in [-0.39, 0.29) is 5.82 Å². The number of hydrogen-bond donors (Lipinski definition) is 0. The molecular formula is C22H23ClF3N7. The summed E-state index contributed by atoms with van der Waals surface area (Å²) < 4.78 is 40.2. The van der Waals surface area contributed by atoms with Gasteiger partial charge in [0.2, 0.25) is 11.9 Å². The fourth-order valence-electron chi connectivity index (χ4n) is 3.55. The molecule has 0 radical (unpaired) electrons. The third-order valence-electron chi connectivity index (χ3n) is 5.46. The van der Waals surface area contributed by atoms with Crippen molar-refractivity contribution in [1.82, 2.24) is 19.9 Å². The van der Waals surface area contributed by atoms with Crippen LogP contribution in [0, 0.1) is 0 Å². The highest BCUT2D eigenvalue weighted by Gasteiger charge is 2.36. The standard InChI is InChI=1S/C22H23ClF3N7/c1-3-31(2)20-28-18(15-6-4-7-16(23)14-15)29-21(30-20)33-12-10-32(11-13-33)19-17(22(24,25)26)8-5-9-27-19/h4-9,14H,3,10-13H2,1-2H3. The minimum Gasteiger partial charge on any atom is -0.353 e. The van der Waals surface area contributed by atoms with Gasteiger partial charge in [0.25, 0.3) is 0 Å². The average molecular weight is 478 g/mol. The molecule has 0 spiro atoms. The van der Waals surface area contributed by atoms with E-state index >= 15 is 0 Å². The molecule has 3 heterocycles. The number of piperazine rings is 1. The summed E-state index contributed by atoms with van der Waals surface area (Å²) in [5.74, 6) is 1.44. The fraction of sp³-hybridized carbons (Fsp3) is 0.364. The van der Waals surface area contributed by atoms with E-state index in [2.05, 4.69) is 19.9 Å². The number of hydrogen-bond acceptors (Lipinski definition) is 7. The van der Waals surface area contributed by atoms with Crippen molar-refractivity contribution in [3.05, 3.63) is 53.2 Å². The minimum absolute atomic E-state index is 0.0497. The van der Waals surface area contributed by atoms with Crippen LogP contribution < -0.4 is 14.7 Å². The number of benzene rings is 1. The van der Waals surface area contributed by atoms with Gasteiger partial charge >= 0.3 is 6.18 Å². The van der Waals surface area contributed by atoms with Crippen molar-refractivity contribution in [2.45, 2.75) is 13.1 Å². The lowest BCUT2D eigenvalue weighted by atomic mass is 10.2. The highest BCUT2D eigenvalue weighted by Crippen LogP contribution is 2.35. The molecular weight excluding hydrogens is 455 g/mol. The van der Waals surface area contributed by atoms with E-state index in [1.807, 2.05) is 35.9 Å². The summed E-state index contributed by atoms with van der Waals surface area (Å²) in [6.07, 6.45) is -3.08. The van der Waals surface area contributed by atoms with E-state index in [0.29, 0.717) is 55.5 Å². The Kier molecular flexibility index (Phi) is 6.55. The molecule has 0 amide bonds. The van der Waals surface area contributed by atoms with Crippen molar-refractivity contribution < 1.29 is 13.2 Å². The number of alkyl halides is 3. The van der Waals surface area contributed by atoms with Crippen LogP contribution in [-0.4, -0.2) is 59.7 Å². The molecule has 1 aliphatic rings. The van der Waals surface area contributed by atoms with Crippen LogP contribution in [0.25, 0.3) is 11.4 Å². The maximum absolute atomic E-state index is 13.4. The number of pyridine rings is 1. The smallest absolute Gasteiger partial charge is 0.353 e. The molecule has 1 saturated heterocycles. The Morgan fingerprint density at radius 3 is 2.39 bits per heavy atom. The van der Waals surface area contributed by atoms with Gasteiger partial charge in [-0.25, -0.2) is 4.98 Å². The second-order valence-corrected chi connectivity index (χ2v) is 8.07. The molecule has 0 saturated carbocycles. The van der Waals surface area contributed by atoms with Gasteiger partial charge in [-0.15, -0.1) is 0 Å². The first-order valence-electron chi connectivity index (χ1n) is 10.5. The molecule has 0 atom stereocenters. The third-order valence-corrected chi connectivity index (χ3v) is 5.70. The third kappa shape index (κ3) is 5.11. The molecule has 11 heteroatoms. The number of nitrogens with zero attached hydrogens (tertiary/aromatic N) is 7. The minimum atomic E-state index is -4.46. The van der Waals surface area contributed by atoms with Gasteiger partial charge in [0.1, 0.15) is 5.82 Å². The summed E-state index contributed by atoms with van der Waals surface area (Å²) in [6, 6.07) is 9.63. The van der Waals surface area contributed by atoms with Gasteiger partial charge < -0.3 is 14.7 Å². The average Bonchev–Trinajstić information content (AvgIpc) is 2.83. The molecule has 0 unspecified atom stereocenters. The molecule has 1 fully saturated rings. The molecule has 0 aliphatic carbocycles. The molecule has 174 valence electrons. The SMILES string of the molecule is CCN(C)c1nc(-c2cccc(Cl)c2)nc(N2CCN(c3ncccc3C(F)(F)F)CC2)n1. The Balaban J connectivity index is 1.60. The predicted octanol–water partition coefficient (Wildman–Crippen LogP) is 4.39. The van der Waals surface area contributed by atoms with Crippen molar-refractivity contribution >= 4 is 29.3 Å². The van der Waals surface area contributed by atoms with E-state index in [9.17, 15) is 13.2 Å². The number of rotatable bonds is 5. The van der Waals surface area contributed by atoms with Gasteiger partial charge in [-0.3, -0.25) is 0 Å². The summed E-state index contributed by atoms with van der Waals surface area (Å²) >= 11 is 6.15. The first-order chi connectivity index (χ1) is 15.8. The molecule has 33 heavy (non-hydrogen) atoms. The van der Waals surface area contributed by atoms with Crippen LogP contribution >= 0.6 is 11.6 Å². The largest absolute Gasteiger partial charge is 0.419 e. The highest BCUT2D eigenvalue weighted by atomic mass is 35.5. The van der Waals surface area contributed by atoms with Crippen molar-refractivity contribution in [2.75, 3.05) is 54.5 Å². The molecule has 1 aromatic carbocycles. The quantitative estimate of drug-likeness (QED) is 0.540. The Labute approximate surface area is 194 Å². The lowest BCUT2D eigenvalue weighted by molar-refractivity contribution is -0.137. The molecule has 2 aromatic heterocycles. The van der Waals surface area contributed by atoms with Gasteiger partial charge in [0.15, 0.2) is 5.82 Å². The van der Waals surface area contributed by atoms with Gasteiger partial charge in [-0.1, -0.05) is 23.7 Å². The summed E-state index contributed by atoms with van der Waals surface area (Å²) in [4.78, 5) is 23.4. The zero-order valence-electron chi connectivity index (χ0n) is 18.2. The Morgan fingerprint density at radius 1 is 1.00 bits per heavy atom. The molecule has 0 bridgehead atoms. The lowest BCUT2D eigenvalue weighted by Crippen LogP contribution is -2.48. The van der Waals surface area contributed by atoms with E-state index in [0.717, 1.165) is 11.6 Å². The number of halogens is 4. The molecule has 3 aromatic rings. The predicted molar refractivity (Wildman–Crippen MR) is 123 cm³/mol. The van der Waals surface area contributed by atoms with Crippen molar-refractivity contribution in [1.29, 1.82) is 0 Å². The molecule has 1 aliphatic heterocycles. The lowest BCUT2D eigenvalue weighted by Gasteiger charge is -2.36. The van der Waals surface area contributed by atoms with Gasteiger partial charge in [-0.2, -0.15) is 28.1 Å². The van der Waals surface area contributed by atoms with E-state index < -0.39 is 11.7 Å². The highest BCUT2D eigenvalue weighted by molar-refractivity contribution is 6.30. The van der Waals surface area contributed by atoms with Crippen LogP contribution in [0.1, 0.15) is 12.5 Å². The van der Waals surface area contributed by atoms with E-state index in [1.54, 1.807) is 17.0 Å². The Bertz CT molecular complexity index is 1120. The van der Waals surface area contributed by atoms with Gasteiger partial charge in [-0.05, 0) is 31.2 Å². The summed E-state index contributed by atoms with van der Waals surface area (Å²) in [6.45, 7) is 4.30.